The quantitative estimate of drug-likeness (QED) is 0.580. The number of aryl methyl sites for hydroxylation is 1. The van der Waals surface area contributed by atoms with Crippen molar-refractivity contribution in [3.8, 4) is 17.2 Å². The number of carbonyl (C=O) groups excluding carboxylic acids is 1. The van der Waals surface area contributed by atoms with Crippen LogP contribution < -0.4 is 9.47 Å². The van der Waals surface area contributed by atoms with Gasteiger partial charge in [-0.3, -0.25) is 4.79 Å². The van der Waals surface area contributed by atoms with Gasteiger partial charge in [0.25, 0.3) is 0 Å². The smallest absolute Gasteiger partial charge is 0.246 e. The first-order valence-corrected chi connectivity index (χ1v) is 10.5. The van der Waals surface area contributed by atoms with Gasteiger partial charge in [-0.15, -0.1) is 0 Å². The van der Waals surface area contributed by atoms with Crippen LogP contribution in [0.2, 0.25) is 0 Å². The minimum absolute atomic E-state index is 0.0710. The van der Waals surface area contributed by atoms with Crippen LogP contribution in [0.25, 0.3) is 11.8 Å². The number of carbonyl (C=O) groups is 1. The molecule has 31 heavy (non-hydrogen) atoms. The first-order chi connectivity index (χ1) is 15.0. The van der Waals surface area contributed by atoms with E-state index in [4.69, 9.17) is 9.47 Å². The molecule has 0 atom stereocenters. The predicted molar refractivity (Wildman–Crippen MR) is 121 cm³/mol. The lowest BCUT2D eigenvalue weighted by Gasteiger charge is -2.15. The number of likely N-dealkylation sites (N-methyl/N-ethyl adjacent to an activating group) is 1. The minimum atomic E-state index is -0.0710. The Kier molecular flexibility index (Phi) is 6.07. The van der Waals surface area contributed by atoms with Gasteiger partial charge in [0.15, 0.2) is 11.5 Å². The zero-order chi connectivity index (χ0) is 21.8. The molecule has 0 saturated carbocycles. The molecule has 2 heterocycles. The molecule has 160 valence electrons. The van der Waals surface area contributed by atoms with Gasteiger partial charge in [-0.1, -0.05) is 24.3 Å². The van der Waals surface area contributed by atoms with Crippen LogP contribution >= 0.6 is 0 Å². The van der Waals surface area contributed by atoms with Crippen molar-refractivity contribution in [1.29, 1.82) is 0 Å². The Morgan fingerprint density at radius 1 is 1.10 bits per heavy atom. The van der Waals surface area contributed by atoms with Gasteiger partial charge in [-0.05, 0) is 49.8 Å². The van der Waals surface area contributed by atoms with Gasteiger partial charge in [-0.25, -0.2) is 4.68 Å². The fourth-order valence-electron chi connectivity index (χ4n) is 3.62. The first-order valence-electron chi connectivity index (χ1n) is 10.5. The molecule has 0 radical (unpaired) electrons. The SMILES string of the molecule is Cc1nn(-c2ccccc2)c(C)c1CN(C)C(=O)C=Cc1ccc2c(c1)OCCCO2. The Bertz CT molecular complexity index is 1100. The van der Waals surface area contributed by atoms with E-state index in [1.54, 1.807) is 24.1 Å². The molecule has 1 aliphatic rings. The Morgan fingerprint density at radius 2 is 1.84 bits per heavy atom. The Balaban J connectivity index is 1.46. The first kappa shape index (κ1) is 20.7. The van der Waals surface area contributed by atoms with Crippen LogP contribution in [-0.4, -0.2) is 40.8 Å². The summed E-state index contributed by atoms with van der Waals surface area (Å²) in [6, 6.07) is 15.7. The summed E-state index contributed by atoms with van der Waals surface area (Å²) in [5, 5.41) is 4.67. The summed E-state index contributed by atoms with van der Waals surface area (Å²) in [7, 11) is 1.80. The maximum absolute atomic E-state index is 12.7. The Labute approximate surface area is 182 Å². The van der Waals surface area contributed by atoms with Crippen molar-refractivity contribution in [1.82, 2.24) is 14.7 Å². The molecule has 3 aromatic rings. The molecule has 6 heteroatoms. The van der Waals surface area contributed by atoms with Gasteiger partial charge >= 0.3 is 0 Å². The van der Waals surface area contributed by atoms with Gasteiger partial charge in [0.2, 0.25) is 5.91 Å². The largest absolute Gasteiger partial charge is 0.490 e. The monoisotopic (exact) mass is 417 g/mol. The molecule has 0 N–H and O–H groups in total. The number of para-hydroxylation sites is 1. The molecule has 0 bridgehead atoms. The van der Waals surface area contributed by atoms with Crippen LogP contribution in [-0.2, 0) is 11.3 Å². The lowest BCUT2D eigenvalue weighted by Crippen LogP contribution is -2.24. The fraction of sp³-hybridized carbons (Fsp3) is 0.280. The average Bonchev–Trinajstić information content (AvgIpc) is 2.95. The van der Waals surface area contributed by atoms with Crippen molar-refractivity contribution in [3.05, 3.63) is 77.1 Å². The predicted octanol–water partition coefficient (Wildman–Crippen LogP) is 4.32. The highest BCUT2D eigenvalue weighted by Crippen LogP contribution is 2.30. The number of amides is 1. The van der Waals surface area contributed by atoms with E-state index in [0.717, 1.165) is 46.1 Å². The summed E-state index contributed by atoms with van der Waals surface area (Å²) in [6.07, 6.45) is 4.26. The van der Waals surface area contributed by atoms with Gasteiger partial charge in [-0.2, -0.15) is 5.10 Å². The average molecular weight is 418 g/mol. The maximum Gasteiger partial charge on any atom is 0.246 e. The number of rotatable bonds is 5. The summed E-state index contributed by atoms with van der Waals surface area (Å²) in [6.45, 7) is 5.80. The zero-order valence-corrected chi connectivity index (χ0v) is 18.2. The lowest BCUT2D eigenvalue weighted by atomic mass is 10.1. The van der Waals surface area contributed by atoms with Crippen LogP contribution in [0.15, 0.2) is 54.6 Å². The van der Waals surface area contributed by atoms with E-state index in [1.807, 2.05) is 67.1 Å². The highest BCUT2D eigenvalue weighted by molar-refractivity contribution is 5.91. The number of aromatic nitrogens is 2. The van der Waals surface area contributed by atoms with Crippen LogP contribution in [0, 0.1) is 13.8 Å². The van der Waals surface area contributed by atoms with Crippen LogP contribution in [0.1, 0.15) is 28.9 Å². The molecule has 1 aliphatic heterocycles. The molecule has 4 rings (SSSR count). The van der Waals surface area contributed by atoms with E-state index < -0.39 is 0 Å². The molecule has 0 saturated heterocycles. The number of nitrogens with zero attached hydrogens (tertiary/aromatic N) is 3. The van der Waals surface area contributed by atoms with Crippen LogP contribution in [0.5, 0.6) is 11.5 Å². The number of fused-ring (bicyclic) bond motifs is 1. The van der Waals surface area contributed by atoms with E-state index in [0.29, 0.717) is 19.8 Å². The molecule has 0 unspecified atom stereocenters. The second-order valence-electron chi connectivity index (χ2n) is 7.68. The topological polar surface area (TPSA) is 56.6 Å². The molecule has 1 aromatic heterocycles. The van der Waals surface area contributed by atoms with Crippen molar-refractivity contribution in [2.24, 2.45) is 0 Å². The third-order valence-corrected chi connectivity index (χ3v) is 5.40. The van der Waals surface area contributed by atoms with Crippen molar-refractivity contribution < 1.29 is 14.3 Å². The van der Waals surface area contributed by atoms with Gasteiger partial charge < -0.3 is 14.4 Å². The second-order valence-corrected chi connectivity index (χ2v) is 7.68. The molecule has 0 aliphatic carbocycles. The number of hydrogen-bond acceptors (Lipinski definition) is 4. The van der Waals surface area contributed by atoms with Crippen molar-refractivity contribution in [3.63, 3.8) is 0 Å². The van der Waals surface area contributed by atoms with E-state index in [-0.39, 0.29) is 5.91 Å². The fourth-order valence-corrected chi connectivity index (χ4v) is 3.62. The summed E-state index contributed by atoms with van der Waals surface area (Å²) < 4.78 is 13.3. The summed E-state index contributed by atoms with van der Waals surface area (Å²) >= 11 is 0. The second kappa shape index (κ2) is 9.08. The summed E-state index contributed by atoms with van der Waals surface area (Å²) in [5.74, 6) is 1.40. The maximum atomic E-state index is 12.7. The number of hydrogen-bond donors (Lipinski definition) is 0. The number of benzene rings is 2. The van der Waals surface area contributed by atoms with Crippen LogP contribution in [0.4, 0.5) is 0 Å². The third kappa shape index (κ3) is 4.63. The molecule has 0 fully saturated rings. The minimum Gasteiger partial charge on any atom is -0.490 e. The lowest BCUT2D eigenvalue weighted by molar-refractivity contribution is -0.125. The third-order valence-electron chi connectivity index (χ3n) is 5.40. The molecular formula is C25H27N3O3. The molecule has 0 spiro atoms. The van der Waals surface area contributed by atoms with E-state index in [1.165, 1.54) is 0 Å². The van der Waals surface area contributed by atoms with Gasteiger partial charge in [0, 0.05) is 37.3 Å². The number of ether oxygens (including phenoxy) is 2. The molecule has 1 amide bonds. The normalized spacial score (nSPS) is 13.3. The molecule has 2 aromatic carbocycles. The molecular weight excluding hydrogens is 390 g/mol. The van der Waals surface area contributed by atoms with Gasteiger partial charge in [0.05, 0.1) is 24.6 Å². The van der Waals surface area contributed by atoms with Crippen molar-refractivity contribution in [2.75, 3.05) is 20.3 Å². The van der Waals surface area contributed by atoms with E-state index in [2.05, 4.69) is 5.10 Å². The Hall–Kier alpha value is -3.54. The van der Waals surface area contributed by atoms with Gasteiger partial charge in [0.1, 0.15) is 0 Å². The van der Waals surface area contributed by atoms with Crippen molar-refractivity contribution >= 4 is 12.0 Å². The highest BCUT2D eigenvalue weighted by Gasteiger charge is 2.16. The van der Waals surface area contributed by atoms with Crippen LogP contribution in [0.3, 0.4) is 0 Å². The zero-order valence-electron chi connectivity index (χ0n) is 18.2. The summed E-state index contributed by atoms with van der Waals surface area (Å²) in [5.41, 5.74) is 4.93. The van der Waals surface area contributed by atoms with E-state index >= 15 is 0 Å². The standard InChI is InChI=1S/C25H27N3O3/c1-18-22(19(2)28(26-18)21-8-5-4-6-9-21)17-27(3)25(29)13-11-20-10-12-23-24(16-20)31-15-7-14-30-23/h4-6,8-13,16H,7,14-15,17H2,1-3H3. The molecule has 6 nitrogen and oxygen atoms in total. The van der Waals surface area contributed by atoms with Crippen molar-refractivity contribution in [2.45, 2.75) is 26.8 Å². The highest BCUT2D eigenvalue weighted by atomic mass is 16.5. The van der Waals surface area contributed by atoms with E-state index in [9.17, 15) is 4.79 Å². The summed E-state index contributed by atoms with van der Waals surface area (Å²) in [4.78, 5) is 14.4. The Morgan fingerprint density at radius 3 is 2.61 bits per heavy atom.